The van der Waals surface area contributed by atoms with Crippen molar-refractivity contribution in [3.05, 3.63) is 35.4 Å². The van der Waals surface area contributed by atoms with Crippen LogP contribution in [0.4, 0.5) is 8.78 Å². The second kappa shape index (κ2) is 8.31. The van der Waals surface area contributed by atoms with E-state index in [0.29, 0.717) is 12.5 Å². The molecule has 0 spiro atoms. The van der Waals surface area contributed by atoms with Crippen LogP contribution in [-0.4, -0.2) is 36.1 Å². The van der Waals surface area contributed by atoms with Crippen LogP contribution >= 0.6 is 0 Å². The van der Waals surface area contributed by atoms with Gasteiger partial charge in [-0.1, -0.05) is 0 Å². The van der Waals surface area contributed by atoms with Crippen molar-refractivity contribution in [2.75, 3.05) is 13.1 Å². The van der Waals surface area contributed by atoms with Crippen molar-refractivity contribution in [2.24, 2.45) is 0 Å². The fraction of sp³-hybridized carbons (Fsp3) is 0.429. The summed E-state index contributed by atoms with van der Waals surface area (Å²) in [6, 6.07) is 2.70. The van der Waals surface area contributed by atoms with Crippen LogP contribution in [0.2, 0.25) is 0 Å². The molecule has 1 aromatic rings. The van der Waals surface area contributed by atoms with E-state index < -0.39 is 23.6 Å². The average Bonchev–Trinajstić information content (AvgIpc) is 2.41. The molecule has 21 heavy (non-hydrogen) atoms. The topological polar surface area (TPSA) is 78.4 Å². The van der Waals surface area contributed by atoms with Crippen LogP contribution in [0.5, 0.6) is 0 Å². The van der Waals surface area contributed by atoms with Crippen LogP contribution < -0.4 is 10.6 Å². The maximum atomic E-state index is 13.3. The van der Waals surface area contributed by atoms with Gasteiger partial charge < -0.3 is 15.7 Å². The van der Waals surface area contributed by atoms with E-state index in [1.54, 1.807) is 6.92 Å². The molecule has 1 aromatic carbocycles. The minimum Gasteiger partial charge on any atom is -0.392 e. The van der Waals surface area contributed by atoms with E-state index in [0.717, 1.165) is 12.1 Å². The molecule has 0 aliphatic rings. The molecule has 1 rings (SSSR count). The number of aliphatic hydroxyl groups is 1. The average molecular weight is 300 g/mol. The first kappa shape index (κ1) is 17.0. The van der Waals surface area contributed by atoms with Crippen molar-refractivity contribution in [3.63, 3.8) is 0 Å². The predicted octanol–water partition coefficient (Wildman–Crippen LogP) is 0.972. The van der Waals surface area contributed by atoms with Gasteiger partial charge in [0.1, 0.15) is 11.6 Å². The highest BCUT2D eigenvalue weighted by molar-refractivity contribution is 5.94. The zero-order valence-electron chi connectivity index (χ0n) is 11.7. The van der Waals surface area contributed by atoms with Crippen LogP contribution in [0.3, 0.4) is 0 Å². The quantitative estimate of drug-likeness (QED) is 0.657. The Morgan fingerprint density at radius 3 is 2.62 bits per heavy atom. The van der Waals surface area contributed by atoms with Gasteiger partial charge in [0.15, 0.2) is 0 Å². The van der Waals surface area contributed by atoms with Crippen LogP contribution in [-0.2, 0) is 4.79 Å². The highest BCUT2D eigenvalue weighted by Crippen LogP contribution is 2.09. The highest BCUT2D eigenvalue weighted by atomic mass is 19.1. The number of amides is 2. The molecule has 0 aliphatic carbocycles. The number of hydrogen-bond acceptors (Lipinski definition) is 3. The summed E-state index contributed by atoms with van der Waals surface area (Å²) < 4.78 is 26.0. The third kappa shape index (κ3) is 6.31. The fourth-order valence-corrected chi connectivity index (χ4v) is 1.57. The first-order valence-corrected chi connectivity index (χ1v) is 6.58. The summed E-state index contributed by atoms with van der Waals surface area (Å²) in [5, 5.41) is 13.9. The molecule has 1 unspecified atom stereocenters. The van der Waals surface area contributed by atoms with Crippen molar-refractivity contribution in [3.8, 4) is 0 Å². The van der Waals surface area contributed by atoms with Crippen LogP contribution in [0.25, 0.3) is 0 Å². The predicted molar refractivity (Wildman–Crippen MR) is 72.6 cm³/mol. The second-order valence-corrected chi connectivity index (χ2v) is 4.64. The molecule has 0 radical (unpaired) electrons. The number of nitrogens with one attached hydrogen (secondary N) is 2. The second-order valence-electron chi connectivity index (χ2n) is 4.64. The minimum atomic E-state index is -0.929. The largest absolute Gasteiger partial charge is 0.392 e. The van der Waals surface area contributed by atoms with E-state index in [1.807, 2.05) is 0 Å². The molecule has 0 fully saturated rings. The van der Waals surface area contributed by atoms with Gasteiger partial charge in [-0.15, -0.1) is 0 Å². The van der Waals surface area contributed by atoms with Crippen LogP contribution in [0, 0.1) is 11.6 Å². The number of hydrogen-bond donors (Lipinski definition) is 3. The zero-order valence-corrected chi connectivity index (χ0v) is 11.7. The summed E-state index contributed by atoms with van der Waals surface area (Å²) >= 11 is 0. The summed E-state index contributed by atoms with van der Waals surface area (Å²) in [5.41, 5.74) is -0.241. The Morgan fingerprint density at radius 2 is 2.00 bits per heavy atom. The van der Waals surface area contributed by atoms with Crippen molar-refractivity contribution in [2.45, 2.75) is 25.9 Å². The molecule has 1 atom stereocenters. The molecular weight excluding hydrogens is 282 g/mol. The van der Waals surface area contributed by atoms with Crippen molar-refractivity contribution >= 4 is 11.8 Å². The fourth-order valence-electron chi connectivity index (χ4n) is 1.57. The van der Waals surface area contributed by atoms with E-state index >= 15 is 0 Å². The van der Waals surface area contributed by atoms with Gasteiger partial charge in [0.2, 0.25) is 5.91 Å². The lowest BCUT2D eigenvalue weighted by Gasteiger charge is -2.08. The zero-order chi connectivity index (χ0) is 15.8. The third-order valence-electron chi connectivity index (χ3n) is 2.64. The lowest BCUT2D eigenvalue weighted by Crippen LogP contribution is -2.31. The van der Waals surface area contributed by atoms with Crippen molar-refractivity contribution < 1.29 is 23.5 Å². The molecule has 2 amide bonds. The van der Waals surface area contributed by atoms with Gasteiger partial charge in [-0.2, -0.15) is 0 Å². The monoisotopic (exact) mass is 300 g/mol. The molecule has 0 heterocycles. The first-order chi connectivity index (χ1) is 9.90. The van der Waals surface area contributed by atoms with Gasteiger partial charge in [-0.3, -0.25) is 9.59 Å². The van der Waals surface area contributed by atoms with Gasteiger partial charge in [0, 0.05) is 25.6 Å². The molecule has 0 aromatic heterocycles. The Morgan fingerprint density at radius 1 is 1.29 bits per heavy atom. The molecule has 0 aliphatic heterocycles. The van der Waals surface area contributed by atoms with Crippen LogP contribution in [0.1, 0.15) is 30.1 Å². The number of carbonyl (C=O) groups excluding carboxylic acids is 2. The molecule has 0 bridgehead atoms. The number of aliphatic hydroxyl groups excluding tert-OH is 1. The van der Waals surface area contributed by atoms with Crippen molar-refractivity contribution in [1.29, 1.82) is 0 Å². The van der Waals surface area contributed by atoms with Gasteiger partial charge in [0.05, 0.1) is 11.7 Å². The molecule has 7 heteroatoms. The SMILES string of the molecule is CC(O)CNC(=O)CCCNC(=O)c1ccc(F)cc1F. The Balaban J connectivity index is 2.29. The Kier molecular flexibility index (Phi) is 6.74. The highest BCUT2D eigenvalue weighted by Gasteiger charge is 2.12. The molecule has 0 saturated heterocycles. The number of halogens is 2. The first-order valence-electron chi connectivity index (χ1n) is 6.58. The van der Waals surface area contributed by atoms with Crippen LogP contribution in [0.15, 0.2) is 18.2 Å². The summed E-state index contributed by atoms with van der Waals surface area (Å²) in [4.78, 5) is 22.9. The summed E-state index contributed by atoms with van der Waals surface area (Å²) in [7, 11) is 0. The van der Waals surface area contributed by atoms with Gasteiger partial charge in [-0.25, -0.2) is 8.78 Å². The molecule has 5 nitrogen and oxygen atoms in total. The van der Waals surface area contributed by atoms with E-state index in [4.69, 9.17) is 5.11 Å². The van der Waals surface area contributed by atoms with E-state index in [9.17, 15) is 18.4 Å². The standard InChI is InChI=1S/C14H18F2N2O3/c1-9(19)8-18-13(20)3-2-6-17-14(21)11-5-4-10(15)7-12(11)16/h4-5,7,9,19H,2-3,6,8H2,1H3,(H,17,21)(H,18,20). The van der Waals surface area contributed by atoms with E-state index in [1.165, 1.54) is 0 Å². The Labute approximate surface area is 121 Å². The number of carbonyl (C=O) groups is 2. The van der Waals surface area contributed by atoms with E-state index in [2.05, 4.69) is 10.6 Å². The molecule has 3 N–H and O–H groups in total. The van der Waals surface area contributed by atoms with Gasteiger partial charge in [0.25, 0.3) is 5.91 Å². The number of rotatable bonds is 7. The lowest BCUT2D eigenvalue weighted by atomic mass is 10.2. The smallest absolute Gasteiger partial charge is 0.254 e. The maximum absolute atomic E-state index is 13.3. The van der Waals surface area contributed by atoms with Gasteiger partial charge in [-0.05, 0) is 25.5 Å². The van der Waals surface area contributed by atoms with Gasteiger partial charge >= 0.3 is 0 Å². The molecule has 116 valence electrons. The summed E-state index contributed by atoms with van der Waals surface area (Å²) in [6.45, 7) is 1.92. The Hall–Kier alpha value is -2.02. The third-order valence-corrected chi connectivity index (χ3v) is 2.64. The molecular formula is C14H18F2N2O3. The van der Waals surface area contributed by atoms with E-state index in [-0.39, 0.29) is 31.0 Å². The maximum Gasteiger partial charge on any atom is 0.254 e. The minimum absolute atomic E-state index is 0.173. The summed E-state index contributed by atoms with van der Waals surface area (Å²) in [5.74, 6) is -2.57. The normalized spacial score (nSPS) is 11.8. The summed E-state index contributed by atoms with van der Waals surface area (Å²) in [6.07, 6.45) is -0.0610. The molecule has 0 saturated carbocycles. The number of benzene rings is 1. The Bertz CT molecular complexity index is 507. The van der Waals surface area contributed by atoms with Crippen molar-refractivity contribution in [1.82, 2.24) is 10.6 Å². The lowest BCUT2D eigenvalue weighted by molar-refractivity contribution is -0.121.